The first-order chi connectivity index (χ1) is 6.27. The van der Waals surface area contributed by atoms with Crippen LogP contribution < -0.4 is 0 Å². The summed E-state index contributed by atoms with van der Waals surface area (Å²) in [6.07, 6.45) is 0. The molecule has 13 heavy (non-hydrogen) atoms. The molecule has 1 heterocycles. The Bertz CT molecular complexity index is 404. The van der Waals surface area contributed by atoms with Crippen LogP contribution in [-0.2, 0) is 0 Å². The molecule has 0 spiro atoms. The molecule has 0 N–H and O–H groups in total. The minimum Gasteiger partial charge on any atom is -0.134 e. The Morgan fingerprint density at radius 2 is 2.15 bits per heavy atom. The Hall–Kier alpha value is -0.790. The first kappa shape index (κ1) is 8.79. The molecule has 65 valence electrons. The Morgan fingerprint density at radius 3 is 2.77 bits per heavy atom. The molecule has 2 aromatic rings. The highest BCUT2D eigenvalue weighted by Crippen LogP contribution is 2.28. The molecular formula is C11H8ClS. The molecule has 0 unspecified atom stereocenters. The van der Waals surface area contributed by atoms with Gasteiger partial charge in [-0.05, 0) is 42.3 Å². The van der Waals surface area contributed by atoms with Gasteiger partial charge in [0.1, 0.15) is 0 Å². The number of benzene rings is 1. The van der Waals surface area contributed by atoms with Gasteiger partial charge in [-0.3, -0.25) is 0 Å². The van der Waals surface area contributed by atoms with Crippen molar-refractivity contribution in [2.45, 2.75) is 6.92 Å². The Balaban J connectivity index is 2.53. The fourth-order valence-corrected chi connectivity index (χ4v) is 2.25. The van der Waals surface area contributed by atoms with E-state index < -0.39 is 0 Å². The molecule has 2 rings (SSSR count). The number of aryl methyl sites for hydroxylation is 1. The summed E-state index contributed by atoms with van der Waals surface area (Å²) in [6, 6.07) is 9.96. The smallest absolute Gasteiger partial charge is 0.0449 e. The van der Waals surface area contributed by atoms with Crippen LogP contribution in [0.3, 0.4) is 0 Å². The lowest BCUT2D eigenvalue weighted by Gasteiger charge is -2.02. The van der Waals surface area contributed by atoms with E-state index in [0.717, 1.165) is 5.02 Å². The second-order valence-corrected chi connectivity index (χ2v) is 4.19. The largest absolute Gasteiger partial charge is 0.134 e. The molecule has 1 aromatic heterocycles. The van der Waals surface area contributed by atoms with Gasteiger partial charge in [0.2, 0.25) is 0 Å². The van der Waals surface area contributed by atoms with Crippen LogP contribution in [0.4, 0.5) is 0 Å². The van der Waals surface area contributed by atoms with E-state index >= 15 is 0 Å². The second kappa shape index (κ2) is 3.52. The van der Waals surface area contributed by atoms with E-state index in [1.807, 2.05) is 18.2 Å². The summed E-state index contributed by atoms with van der Waals surface area (Å²) in [5, 5.41) is 3.87. The van der Waals surface area contributed by atoms with Gasteiger partial charge in [0.05, 0.1) is 0 Å². The minimum absolute atomic E-state index is 0.793. The molecule has 0 nitrogen and oxygen atoms in total. The van der Waals surface area contributed by atoms with Gasteiger partial charge < -0.3 is 0 Å². The molecular weight excluding hydrogens is 200 g/mol. The molecule has 0 atom stereocenters. The fourth-order valence-electron chi connectivity index (χ4n) is 1.29. The molecule has 0 amide bonds. The summed E-state index contributed by atoms with van der Waals surface area (Å²) in [5.41, 5.74) is 2.46. The van der Waals surface area contributed by atoms with Gasteiger partial charge in [0.25, 0.3) is 0 Å². The Labute approximate surface area is 86.8 Å². The third-order valence-corrected chi connectivity index (χ3v) is 2.99. The van der Waals surface area contributed by atoms with Crippen molar-refractivity contribution in [3.63, 3.8) is 0 Å². The van der Waals surface area contributed by atoms with E-state index in [-0.39, 0.29) is 0 Å². The summed E-state index contributed by atoms with van der Waals surface area (Å²) >= 11 is 7.50. The predicted octanol–water partition coefficient (Wildman–Crippen LogP) is 4.18. The standard InChI is InChI=1S/C11H8ClS/c1-8-7-9(12)4-5-10(8)11-3-2-6-13-11/h2-5,7H,1H3. The fraction of sp³-hybridized carbons (Fsp3) is 0.0909. The third kappa shape index (κ3) is 1.77. The zero-order valence-corrected chi connectivity index (χ0v) is 8.75. The number of rotatable bonds is 1. The third-order valence-electron chi connectivity index (χ3n) is 1.93. The van der Waals surface area contributed by atoms with Crippen LogP contribution >= 0.6 is 22.9 Å². The lowest BCUT2D eigenvalue weighted by atomic mass is 10.1. The molecule has 0 aliphatic carbocycles. The van der Waals surface area contributed by atoms with E-state index in [1.165, 1.54) is 16.0 Å². The molecule has 1 radical (unpaired) electrons. The maximum absolute atomic E-state index is 5.87. The van der Waals surface area contributed by atoms with Crippen LogP contribution in [0.5, 0.6) is 0 Å². The van der Waals surface area contributed by atoms with Crippen molar-refractivity contribution in [1.29, 1.82) is 0 Å². The molecule has 0 saturated carbocycles. The predicted molar refractivity (Wildman–Crippen MR) is 58.3 cm³/mol. The van der Waals surface area contributed by atoms with Crippen LogP contribution in [-0.4, -0.2) is 0 Å². The summed E-state index contributed by atoms with van der Waals surface area (Å²) < 4.78 is 0. The van der Waals surface area contributed by atoms with E-state index in [2.05, 4.69) is 24.4 Å². The minimum atomic E-state index is 0.793. The molecule has 1 aromatic carbocycles. The summed E-state index contributed by atoms with van der Waals surface area (Å²) in [7, 11) is 0. The monoisotopic (exact) mass is 207 g/mol. The van der Waals surface area contributed by atoms with Gasteiger partial charge >= 0.3 is 0 Å². The average Bonchev–Trinajstić information content (AvgIpc) is 2.56. The van der Waals surface area contributed by atoms with Crippen molar-refractivity contribution >= 4 is 22.9 Å². The second-order valence-electron chi connectivity index (χ2n) is 2.88. The lowest BCUT2D eigenvalue weighted by molar-refractivity contribution is 1.48. The van der Waals surface area contributed by atoms with Crippen molar-refractivity contribution in [3.05, 3.63) is 46.3 Å². The molecule has 2 heteroatoms. The van der Waals surface area contributed by atoms with E-state index in [9.17, 15) is 0 Å². The molecule has 0 bridgehead atoms. The molecule has 0 fully saturated rings. The van der Waals surface area contributed by atoms with Gasteiger partial charge in [-0.1, -0.05) is 17.7 Å². The molecule has 0 aliphatic rings. The van der Waals surface area contributed by atoms with E-state index in [4.69, 9.17) is 11.6 Å². The van der Waals surface area contributed by atoms with Crippen molar-refractivity contribution < 1.29 is 0 Å². The maximum Gasteiger partial charge on any atom is 0.0449 e. The van der Waals surface area contributed by atoms with Crippen molar-refractivity contribution in [2.24, 2.45) is 0 Å². The van der Waals surface area contributed by atoms with E-state index in [0.29, 0.717) is 0 Å². The number of thiophene rings is 1. The lowest BCUT2D eigenvalue weighted by Crippen LogP contribution is -1.78. The normalized spacial score (nSPS) is 10.3. The van der Waals surface area contributed by atoms with Crippen LogP contribution in [0.2, 0.25) is 5.02 Å². The van der Waals surface area contributed by atoms with Crippen LogP contribution in [0.1, 0.15) is 5.56 Å². The van der Waals surface area contributed by atoms with Gasteiger partial charge in [-0.25, -0.2) is 0 Å². The van der Waals surface area contributed by atoms with Gasteiger partial charge in [-0.15, -0.1) is 11.3 Å². The number of hydrogen-bond acceptors (Lipinski definition) is 1. The highest BCUT2D eigenvalue weighted by molar-refractivity contribution is 7.13. The van der Waals surface area contributed by atoms with Gasteiger partial charge in [0, 0.05) is 15.3 Å². The zero-order chi connectivity index (χ0) is 9.26. The van der Waals surface area contributed by atoms with Crippen molar-refractivity contribution in [1.82, 2.24) is 0 Å². The highest BCUT2D eigenvalue weighted by atomic mass is 35.5. The Morgan fingerprint density at radius 1 is 1.31 bits per heavy atom. The number of hydrogen-bond donors (Lipinski definition) is 0. The van der Waals surface area contributed by atoms with E-state index in [1.54, 1.807) is 11.3 Å². The van der Waals surface area contributed by atoms with Gasteiger partial charge in [-0.2, -0.15) is 0 Å². The Kier molecular flexibility index (Phi) is 2.38. The quantitative estimate of drug-likeness (QED) is 0.658. The van der Waals surface area contributed by atoms with Crippen LogP contribution in [0.25, 0.3) is 10.4 Å². The van der Waals surface area contributed by atoms with Gasteiger partial charge in [0.15, 0.2) is 0 Å². The SMILES string of the molecule is Cc1cc(Cl)ccc1-c1cc[c]s1. The summed E-state index contributed by atoms with van der Waals surface area (Å²) in [6.45, 7) is 2.07. The molecule has 0 saturated heterocycles. The maximum atomic E-state index is 5.87. The highest BCUT2D eigenvalue weighted by Gasteiger charge is 2.02. The number of halogens is 1. The topological polar surface area (TPSA) is 0 Å². The van der Waals surface area contributed by atoms with Crippen molar-refractivity contribution in [2.75, 3.05) is 0 Å². The molecule has 0 aliphatic heterocycles. The first-order valence-electron chi connectivity index (χ1n) is 4.00. The zero-order valence-electron chi connectivity index (χ0n) is 7.17. The summed E-state index contributed by atoms with van der Waals surface area (Å²) in [5.74, 6) is 0. The van der Waals surface area contributed by atoms with Crippen LogP contribution in [0, 0.1) is 12.3 Å². The summed E-state index contributed by atoms with van der Waals surface area (Å²) in [4.78, 5) is 1.24. The average molecular weight is 208 g/mol. The van der Waals surface area contributed by atoms with Crippen molar-refractivity contribution in [3.8, 4) is 10.4 Å². The first-order valence-corrected chi connectivity index (χ1v) is 5.19. The van der Waals surface area contributed by atoms with Crippen LogP contribution in [0.15, 0.2) is 30.3 Å².